The maximum absolute atomic E-state index is 11.2. The van der Waals surface area contributed by atoms with Crippen LogP contribution in [0.15, 0.2) is 12.4 Å². The third-order valence-corrected chi connectivity index (χ3v) is 3.00. The summed E-state index contributed by atoms with van der Waals surface area (Å²) in [5.74, 6) is 0.309. The van der Waals surface area contributed by atoms with Gasteiger partial charge in [-0.2, -0.15) is 0 Å². The van der Waals surface area contributed by atoms with E-state index in [0.29, 0.717) is 31.3 Å². The number of aromatic nitrogens is 2. The summed E-state index contributed by atoms with van der Waals surface area (Å²) in [7, 11) is 0. The smallest absolute Gasteiger partial charge is 0.326 e. The molecule has 6 heteroatoms. The number of piperidine rings is 1. The van der Waals surface area contributed by atoms with E-state index in [9.17, 15) is 9.90 Å². The van der Waals surface area contributed by atoms with E-state index in [1.165, 1.54) is 6.33 Å². The van der Waals surface area contributed by atoms with Crippen molar-refractivity contribution < 1.29 is 14.6 Å². The van der Waals surface area contributed by atoms with E-state index in [-0.39, 0.29) is 0 Å². The minimum atomic E-state index is -0.800. The Balaban J connectivity index is 2.22. The van der Waals surface area contributed by atoms with Crippen molar-refractivity contribution in [2.75, 3.05) is 18.1 Å². The van der Waals surface area contributed by atoms with Crippen LogP contribution >= 0.6 is 0 Å². The number of nitrogens with zero attached hydrogens (tertiary/aromatic N) is 3. The molecule has 0 unspecified atom stereocenters. The number of rotatable bonds is 4. The van der Waals surface area contributed by atoms with Crippen LogP contribution in [0.1, 0.15) is 26.2 Å². The molecular formula is C12H17N3O3. The number of hydrogen-bond donors (Lipinski definition) is 1. The number of anilines is 1. The first-order valence-electron chi connectivity index (χ1n) is 6.16. The normalized spacial score (nSPS) is 19.6. The average molecular weight is 251 g/mol. The molecule has 0 radical (unpaired) electrons. The van der Waals surface area contributed by atoms with Crippen molar-refractivity contribution in [1.29, 1.82) is 0 Å². The Hall–Kier alpha value is -1.85. The predicted octanol–water partition coefficient (Wildman–Crippen LogP) is 1.32. The quantitative estimate of drug-likeness (QED) is 0.869. The third kappa shape index (κ3) is 2.69. The highest BCUT2D eigenvalue weighted by Crippen LogP contribution is 2.24. The topological polar surface area (TPSA) is 75.5 Å². The van der Waals surface area contributed by atoms with E-state index in [1.54, 1.807) is 6.07 Å². The molecule has 98 valence electrons. The van der Waals surface area contributed by atoms with Crippen LogP contribution in [0.2, 0.25) is 0 Å². The molecule has 18 heavy (non-hydrogen) atoms. The predicted molar refractivity (Wildman–Crippen MR) is 65.8 cm³/mol. The van der Waals surface area contributed by atoms with Gasteiger partial charge in [-0.1, -0.05) is 0 Å². The van der Waals surface area contributed by atoms with E-state index >= 15 is 0 Å². The van der Waals surface area contributed by atoms with Gasteiger partial charge in [0.05, 0.1) is 6.61 Å². The Bertz CT molecular complexity index is 425. The van der Waals surface area contributed by atoms with Crippen molar-refractivity contribution in [3.63, 3.8) is 0 Å². The van der Waals surface area contributed by atoms with Crippen molar-refractivity contribution in [2.24, 2.45) is 0 Å². The van der Waals surface area contributed by atoms with Crippen LogP contribution < -0.4 is 9.64 Å². The van der Waals surface area contributed by atoms with Crippen LogP contribution in [-0.2, 0) is 4.79 Å². The monoisotopic (exact) mass is 251 g/mol. The molecule has 1 fully saturated rings. The second-order valence-corrected chi connectivity index (χ2v) is 4.19. The van der Waals surface area contributed by atoms with Crippen LogP contribution in [0.4, 0.5) is 5.82 Å². The van der Waals surface area contributed by atoms with E-state index in [2.05, 4.69) is 9.97 Å². The molecule has 1 aromatic rings. The molecular weight excluding hydrogens is 234 g/mol. The van der Waals surface area contributed by atoms with Gasteiger partial charge in [0.2, 0.25) is 5.88 Å². The Morgan fingerprint density at radius 3 is 3.11 bits per heavy atom. The van der Waals surface area contributed by atoms with Crippen molar-refractivity contribution in [3.8, 4) is 5.88 Å². The maximum atomic E-state index is 11.2. The molecule has 1 aliphatic rings. The minimum Gasteiger partial charge on any atom is -0.480 e. The molecule has 1 atom stereocenters. The van der Waals surface area contributed by atoms with Gasteiger partial charge in [-0.15, -0.1) is 0 Å². The van der Waals surface area contributed by atoms with Crippen LogP contribution in [0.3, 0.4) is 0 Å². The fourth-order valence-corrected chi connectivity index (χ4v) is 2.18. The fourth-order valence-electron chi connectivity index (χ4n) is 2.18. The summed E-state index contributed by atoms with van der Waals surface area (Å²) in [6.45, 7) is 3.11. The first kappa shape index (κ1) is 12.6. The molecule has 1 aromatic heterocycles. The molecule has 1 saturated heterocycles. The summed E-state index contributed by atoms with van der Waals surface area (Å²) < 4.78 is 5.31. The lowest BCUT2D eigenvalue weighted by Crippen LogP contribution is -2.45. The number of aliphatic carboxylic acids is 1. The van der Waals surface area contributed by atoms with E-state index in [0.717, 1.165) is 12.8 Å². The molecule has 0 aromatic carbocycles. The zero-order chi connectivity index (χ0) is 13.0. The molecule has 6 nitrogen and oxygen atoms in total. The summed E-state index contributed by atoms with van der Waals surface area (Å²) in [5, 5.41) is 9.23. The highest BCUT2D eigenvalue weighted by Gasteiger charge is 2.29. The standard InChI is InChI=1S/C12H17N3O3/c1-2-18-11-7-10(13-8-14-11)15-6-4-3-5-9(15)12(16)17/h7-9H,2-6H2,1H3,(H,16,17)/t9-/m0/s1. The first-order valence-corrected chi connectivity index (χ1v) is 6.16. The van der Waals surface area contributed by atoms with Gasteiger partial charge in [0.1, 0.15) is 18.2 Å². The largest absolute Gasteiger partial charge is 0.480 e. The number of carboxylic acids is 1. The molecule has 0 saturated carbocycles. The van der Waals surface area contributed by atoms with Gasteiger partial charge in [-0.25, -0.2) is 14.8 Å². The van der Waals surface area contributed by atoms with Crippen LogP contribution in [0, 0.1) is 0 Å². The molecule has 1 N–H and O–H groups in total. The average Bonchev–Trinajstić information content (AvgIpc) is 2.39. The SMILES string of the molecule is CCOc1cc(N2CCCC[C@H]2C(=O)O)ncn1. The number of carbonyl (C=O) groups is 1. The molecule has 0 spiro atoms. The van der Waals surface area contributed by atoms with E-state index < -0.39 is 12.0 Å². The lowest BCUT2D eigenvalue weighted by atomic mass is 10.0. The molecule has 2 heterocycles. The Morgan fingerprint density at radius 1 is 1.56 bits per heavy atom. The van der Waals surface area contributed by atoms with Gasteiger partial charge in [-0.3, -0.25) is 0 Å². The molecule has 0 amide bonds. The summed E-state index contributed by atoms with van der Waals surface area (Å²) in [4.78, 5) is 21.2. The highest BCUT2D eigenvalue weighted by atomic mass is 16.5. The Labute approximate surface area is 106 Å². The second kappa shape index (κ2) is 5.66. The lowest BCUT2D eigenvalue weighted by molar-refractivity contribution is -0.139. The van der Waals surface area contributed by atoms with Crippen molar-refractivity contribution in [3.05, 3.63) is 12.4 Å². The summed E-state index contributed by atoms with van der Waals surface area (Å²) in [5.41, 5.74) is 0. The minimum absolute atomic E-state index is 0.484. The summed E-state index contributed by atoms with van der Waals surface area (Å²) >= 11 is 0. The van der Waals surface area contributed by atoms with Gasteiger partial charge in [0.15, 0.2) is 0 Å². The second-order valence-electron chi connectivity index (χ2n) is 4.19. The van der Waals surface area contributed by atoms with E-state index in [1.807, 2.05) is 11.8 Å². The summed E-state index contributed by atoms with van der Waals surface area (Å²) in [6.07, 6.45) is 3.99. The van der Waals surface area contributed by atoms with Gasteiger partial charge in [0, 0.05) is 12.6 Å². The third-order valence-electron chi connectivity index (χ3n) is 3.00. The Morgan fingerprint density at radius 2 is 2.39 bits per heavy atom. The number of carboxylic acid groups (broad SMARTS) is 1. The van der Waals surface area contributed by atoms with Gasteiger partial charge in [0.25, 0.3) is 0 Å². The van der Waals surface area contributed by atoms with Crippen molar-refractivity contribution >= 4 is 11.8 Å². The molecule has 0 aliphatic carbocycles. The zero-order valence-electron chi connectivity index (χ0n) is 10.4. The van der Waals surface area contributed by atoms with Gasteiger partial charge >= 0.3 is 5.97 Å². The maximum Gasteiger partial charge on any atom is 0.326 e. The molecule has 1 aliphatic heterocycles. The van der Waals surface area contributed by atoms with Crippen LogP contribution in [0.25, 0.3) is 0 Å². The highest BCUT2D eigenvalue weighted by molar-refractivity contribution is 5.78. The van der Waals surface area contributed by atoms with Gasteiger partial charge < -0.3 is 14.7 Å². The van der Waals surface area contributed by atoms with Crippen molar-refractivity contribution in [1.82, 2.24) is 9.97 Å². The van der Waals surface area contributed by atoms with Gasteiger partial charge in [-0.05, 0) is 26.2 Å². The van der Waals surface area contributed by atoms with Crippen LogP contribution in [-0.4, -0.2) is 40.2 Å². The molecule has 0 bridgehead atoms. The number of hydrogen-bond acceptors (Lipinski definition) is 5. The fraction of sp³-hybridized carbons (Fsp3) is 0.583. The Kier molecular flexibility index (Phi) is 3.96. The van der Waals surface area contributed by atoms with Crippen LogP contribution in [0.5, 0.6) is 5.88 Å². The lowest BCUT2D eigenvalue weighted by Gasteiger charge is -2.33. The number of ether oxygens (including phenoxy) is 1. The first-order chi connectivity index (χ1) is 8.72. The summed E-state index contributed by atoms with van der Waals surface area (Å²) in [6, 6.07) is 1.20. The van der Waals surface area contributed by atoms with E-state index in [4.69, 9.17) is 4.74 Å². The van der Waals surface area contributed by atoms with Crippen molar-refractivity contribution in [2.45, 2.75) is 32.2 Å². The molecule has 2 rings (SSSR count). The zero-order valence-corrected chi connectivity index (χ0v) is 10.4.